The Labute approximate surface area is 90.1 Å². The SMILES string of the molecule is Cc1cc(C)cc(CN[C@@H](C)C(=O)O)c1. The number of aliphatic carboxylic acids is 1. The molecule has 0 fully saturated rings. The summed E-state index contributed by atoms with van der Waals surface area (Å²) in [6.07, 6.45) is 0. The standard InChI is InChI=1S/C12H17NO2/c1-8-4-9(2)6-11(5-8)7-13-10(3)12(14)15/h4-6,10,13H,7H2,1-3H3,(H,14,15)/t10-/m0/s1. The van der Waals surface area contributed by atoms with Crippen LogP contribution >= 0.6 is 0 Å². The Kier molecular flexibility index (Phi) is 3.86. The largest absolute Gasteiger partial charge is 0.480 e. The molecule has 0 bridgehead atoms. The number of carboxylic acids is 1. The maximum absolute atomic E-state index is 10.6. The average Bonchev–Trinajstić information content (AvgIpc) is 2.12. The topological polar surface area (TPSA) is 49.3 Å². The Morgan fingerprint density at radius 2 is 1.87 bits per heavy atom. The van der Waals surface area contributed by atoms with Gasteiger partial charge in [-0.1, -0.05) is 29.3 Å². The molecule has 0 saturated heterocycles. The molecule has 3 heteroatoms. The molecule has 0 aromatic heterocycles. The van der Waals surface area contributed by atoms with Crippen molar-refractivity contribution in [1.82, 2.24) is 5.32 Å². The molecule has 2 N–H and O–H groups in total. The van der Waals surface area contributed by atoms with Gasteiger partial charge in [-0.25, -0.2) is 0 Å². The second-order valence-corrected chi connectivity index (χ2v) is 3.94. The summed E-state index contributed by atoms with van der Waals surface area (Å²) in [5.74, 6) is -0.820. The molecule has 1 aromatic rings. The van der Waals surface area contributed by atoms with Crippen molar-refractivity contribution in [3.63, 3.8) is 0 Å². The van der Waals surface area contributed by atoms with Crippen LogP contribution in [0.25, 0.3) is 0 Å². The van der Waals surface area contributed by atoms with Gasteiger partial charge in [0, 0.05) is 6.54 Å². The van der Waals surface area contributed by atoms with Gasteiger partial charge >= 0.3 is 5.97 Å². The number of rotatable bonds is 4. The third kappa shape index (κ3) is 3.72. The molecule has 0 amide bonds. The van der Waals surface area contributed by atoms with E-state index in [4.69, 9.17) is 5.11 Å². The van der Waals surface area contributed by atoms with Gasteiger partial charge in [-0.15, -0.1) is 0 Å². The quantitative estimate of drug-likeness (QED) is 0.792. The fraction of sp³-hybridized carbons (Fsp3) is 0.417. The first-order chi connectivity index (χ1) is 6.99. The van der Waals surface area contributed by atoms with Crippen molar-refractivity contribution in [1.29, 1.82) is 0 Å². The van der Waals surface area contributed by atoms with Gasteiger partial charge in [0.1, 0.15) is 6.04 Å². The first-order valence-corrected chi connectivity index (χ1v) is 5.02. The molecule has 0 unspecified atom stereocenters. The van der Waals surface area contributed by atoms with E-state index in [0.717, 1.165) is 5.56 Å². The number of hydrogen-bond acceptors (Lipinski definition) is 2. The van der Waals surface area contributed by atoms with Gasteiger partial charge < -0.3 is 10.4 Å². The number of carbonyl (C=O) groups is 1. The monoisotopic (exact) mass is 207 g/mol. The summed E-state index contributed by atoms with van der Waals surface area (Å²) in [5, 5.41) is 11.7. The highest BCUT2D eigenvalue weighted by Crippen LogP contribution is 2.08. The fourth-order valence-corrected chi connectivity index (χ4v) is 1.53. The Morgan fingerprint density at radius 3 is 2.33 bits per heavy atom. The number of carboxylic acid groups (broad SMARTS) is 1. The molecule has 82 valence electrons. The zero-order valence-electron chi connectivity index (χ0n) is 9.37. The second kappa shape index (κ2) is 4.94. The predicted molar refractivity (Wildman–Crippen MR) is 59.9 cm³/mol. The summed E-state index contributed by atoms with van der Waals surface area (Å²) in [7, 11) is 0. The smallest absolute Gasteiger partial charge is 0.320 e. The molecule has 1 aromatic carbocycles. The van der Waals surface area contributed by atoms with E-state index in [0.29, 0.717) is 6.54 Å². The van der Waals surface area contributed by atoms with Gasteiger partial charge in [0.25, 0.3) is 0 Å². The molecule has 1 atom stereocenters. The molecule has 3 nitrogen and oxygen atoms in total. The van der Waals surface area contributed by atoms with Crippen molar-refractivity contribution in [3.8, 4) is 0 Å². The highest BCUT2D eigenvalue weighted by atomic mass is 16.4. The number of benzene rings is 1. The van der Waals surface area contributed by atoms with Gasteiger partial charge in [0.15, 0.2) is 0 Å². The maximum Gasteiger partial charge on any atom is 0.320 e. The Bertz CT molecular complexity index is 340. The molecule has 1 rings (SSSR count). The van der Waals surface area contributed by atoms with E-state index in [-0.39, 0.29) is 0 Å². The predicted octanol–water partition coefficient (Wildman–Crippen LogP) is 1.87. The minimum atomic E-state index is -0.820. The van der Waals surface area contributed by atoms with Gasteiger partial charge in [0.2, 0.25) is 0 Å². The minimum absolute atomic E-state index is 0.509. The van der Waals surface area contributed by atoms with E-state index in [2.05, 4.69) is 23.5 Å². The molecule has 0 aliphatic rings. The van der Waals surface area contributed by atoms with Gasteiger partial charge in [-0.2, -0.15) is 0 Å². The molecule has 0 aliphatic carbocycles. The lowest BCUT2D eigenvalue weighted by molar-refractivity contribution is -0.139. The maximum atomic E-state index is 10.6. The average molecular weight is 207 g/mol. The van der Waals surface area contributed by atoms with Gasteiger partial charge in [-0.05, 0) is 26.3 Å². The number of aryl methyl sites for hydroxylation is 2. The van der Waals surface area contributed by atoms with Crippen LogP contribution in [0, 0.1) is 13.8 Å². The molecular weight excluding hydrogens is 190 g/mol. The van der Waals surface area contributed by atoms with E-state index in [1.54, 1.807) is 6.92 Å². The summed E-state index contributed by atoms with van der Waals surface area (Å²) >= 11 is 0. The lowest BCUT2D eigenvalue weighted by atomic mass is 10.1. The van der Waals surface area contributed by atoms with E-state index in [9.17, 15) is 4.79 Å². The Hall–Kier alpha value is -1.35. The third-order valence-electron chi connectivity index (χ3n) is 2.26. The zero-order chi connectivity index (χ0) is 11.4. The third-order valence-corrected chi connectivity index (χ3v) is 2.26. The van der Waals surface area contributed by atoms with E-state index in [1.807, 2.05) is 13.8 Å². The van der Waals surface area contributed by atoms with Crippen LogP contribution in [-0.2, 0) is 11.3 Å². The number of hydrogen-bond donors (Lipinski definition) is 2. The molecule has 0 heterocycles. The van der Waals surface area contributed by atoms with Gasteiger partial charge in [-0.3, -0.25) is 4.79 Å². The van der Waals surface area contributed by atoms with Crippen LogP contribution in [0.5, 0.6) is 0 Å². The van der Waals surface area contributed by atoms with Crippen molar-refractivity contribution in [2.45, 2.75) is 33.4 Å². The van der Waals surface area contributed by atoms with Crippen LogP contribution in [0.1, 0.15) is 23.6 Å². The molecule has 15 heavy (non-hydrogen) atoms. The summed E-state index contributed by atoms with van der Waals surface area (Å²) < 4.78 is 0. The Balaban J connectivity index is 2.61. The van der Waals surface area contributed by atoms with E-state index < -0.39 is 12.0 Å². The van der Waals surface area contributed by atoms with Crippen LogP contribution < -0.4 is 5.32 Å². The van der Waals surface area contributed by atoms with Crippen LogP contribution in [0.4, 0.5) is 0 Å². The molecule has 0 aliphatic heterocycles. The van der Waals surface area contributed by atoms with E-state index in [1.165, 1.54) is 11.1 Å². The second-order valence-electron chi connectivity index (χ2n) is 3.94. The first-order valence-electron chi connectivity index (χ1n) is 5.02. The highest BCUT2D eigenvalue weighted by molar-refractivity contribution is 5.72. The van der Waals surface area contributed by atoms with Crippen molar-refractivity contribution in [2.75, 3.05) is 0 Å². The van der Waals surface area contributed by atoms with Crippen molar-refractivity contribution in [3.05, 3.63) is 34.9 Å². The Morgan fingerprint density at radius 1 is 1.33 bits per heavy atom. The summed E-state index contributed by atoms with van der Waals surface area (Å²) in [4.78, 5) is 10.6. The molecule has 0 radical (unpaired) electrons. The lowest BCUT2D eigenvalue weighted by Crippen LogP contribution is -2.33. The minimum Gasteiger partial charge on any atom is -0.480 e. The molecule has 0 saturated carbocycles. The van der Waals surface area contributed by atoms with E-state index >= 15 is 0 Å². The van der Waals surface area contributed by atoms with Crippen LogP contribution in [-0.4, -0.2) is 17.1 Å². The molecular formula is C12H17NO2. The number of nitrogens with one attached hydrogen (secondary N) is 1. The molecule has 0 spiro atoms. The van der Waals surface area contributed by atoms with Crippen LogP contribution in [0.3, 0.4) is 0 Å². The van der Waals surface area contributed by atoms with Crippen LogP contribution in [0.2, 0.25) is 0 Å². The highest BCUT2D eigenvalue weighted by Gasteiger charge is 2.09. The van der Waals surface area contributed by atoms with Crippen LogP contribution in [0.15, 0.2) is 18.2 Å². The van der Waals surface area contributed by atoms with Crippen molar-refractivity contribution in [2.24, 2.45) is 0 Å². The van der Waals surface area contributed by atoms with Crippen molar-refractivity contribution >= 4 is 5.97 Å². The fourth-order valence-electron chi connectivity index (χ4n) is 1.53. The first kappa shape index (κ1) is 11.7. The van der Waals surface area contributed by atoms with Crippen molar-refractivity contribution < 1.29 is 9.90 Å². The van der Waals surface area contributed by atoms with Gasteiger partial charge in [0.05, 0.1) is 0 Å². The summed E-state index contributed by atoms with van der Waals surface area (Å²) in [6.45, 7) is 6.31. The zero-order valence-corrected chi connectivity index (χ0v) is 9.37. The normalized spacial score (nSPS) is 12.5. The lowest BCUT2D eigenvalue weighted by Gasteiger charge is -2.10. The summed E-state index contributed by atoms with van der Waals surface area (Å²) in [6, 6.07) is 5.72. The summed E-state index contributed by atoms with van der Waals surface area (Å²) in [5.41, 5.74) is 3.53.